The van der Waals surface area contributed by atoms with Gasteiger partial charge < -0.3 is 10.8 Å². The molecule has 0 radical (unpaired) electrons. The molecule has 0 fully saturated rings. The van der Waals surface area contributed by atoms with E-state index in [1.165, 1.54) is 0 Å². The number of fused-ring (bicyclic) bond motifs is 1. The predicted molar refractivity (Wildman–Crippen MR) is 68.0 cm³/mol. The van der Waals surface area contributed by atoms with Gasteiger partial charge in [-0.1, -0.05) is 19.9 Å². The van der Waals surface area contributed by atoms with Gasteiger partial charge in [0, 0.05) is 11.6 Å². The number of hydrogen-bond donors (Lipinski definition) is 2. The summed E-state index contributed by atoms with van der Waals surface area (Å²) in [5, 5.41) is 9.23. The lowest BCUT2D eigenvalue weighted by molar-refractivity contribution is 0.265. The first kappa shape index (κ1) is 12.1. The highest BCUT2D eigenvalue weighted by Gasteiger charge is 2.16. The average molecular weight is 233 g/mol. The Morgan fingerprint density at radius 2 is 2.12 bits per heavy atom. The number of nitrogens with two attached hydrogens (primary N) is 1. The van der Waals surface area contributed by atoms with Gasteiger partial charge in [0.15, 0.2) is 0 Å². The van der Waals surface area contributed by atoms with Crippen LogP contribution in [0.4, 0.5) is 0 Å². The number of hydrogen-bond acceptors (Lipinski definition) is 3. The quantitative estimate of drug-likeness (QED) is 0.849. The van der Waals surface area contributed by atoms with E-state index in [1.807, 2.05) is 25.1 Å². The molecule has 1 unspecified atom stereocenters. The SMILES string of the molecule is Cc1nc(C(C)C)n2c(C(N)CO)cccc12. The van der Waals surface area contributed by atoms with Crippen LogP contribution < -0.4 is 5.73 Å². The van der Waals surface area contributed by atoms with Crippen molar-refractivity contribution >= 4 is 5.52 Å². The zero-order valence-electron chi connectivity index (χ0n) is 10.5. The zero-order chi connectivity index (χ0) is 12.6. The second kappa shape index (κ2) is 4.47. The first-order chi connectivity index (χ1) is 8.06. The molecule has 0 bridgehead atoms. The molecule has 0 aliphatic carbocycles. The van der Waals surface area contributed by atoms with Crippen LogP contribution in [0.5, 0.6) is 0 Å². The molecule has 4 heteroatoms. The minimum absolute atomic E-state index is 0.0616. The van der Waals surface area contributed by atoms with Gasteiger partial charge in [0.05, 0.1) is 23.9 Å². The van der Waals surface area contributed by atoms with E-state index < -0.39 is 0 Å². The normalized spacial score (nSPS) is 13.5. The molecule has 0 saturated heterocycles. The second-order valence-electron chi connectivity index (χ2n) is 4.67. The molecule has 17 heavy (non-hydrogen) atoms. The van der Waals surface area contributed by atoms with Crippen molar-refractivity contribution in [3.05, 3.63) is 35.4 Å². The van der Waals surface area contributed by atoms with Crippen LogP contribution >= 0.6 is 0 Å². The Morgan fingerprint density at radius 1 is 1.41 bits per heavy atom. The monoisotopic (exact) mass is 233 g/mol. The topological polar surface area (TPSA) is 63.5 Å². The van der Waals surface area contributed by atoms with Crippen molar-refractivity contribution in [1.82, 2.24) is 9.38 Å². The summed E-state index contributed by atoms with van der Waals surface area (Å²) in [6.07, 6.45) is 0. The van der Waals surface area contributed by atoms with Crippen LogP contribution in [0.3, 0.4) is 0 Å². The molecule has 0 aliphatic rings. The largest absolute Gasteiger partial charge is 0.394 e. The van der Waals surface area contributed by atoms with Gasteiger partial charge in [0.2, 0.25) is 0 Å². The number of imidazole rings is 1. The lowest BCUT2D eigenvalue weighted by Gasteiger charge is -2.14. The summed E-state index contributed by atoms with van der Waals surface area (Å²) in [4.78, 5) is 4.59. The molecule has 92 valence electrons. The molecule has 2 heterocycles. The number of aryl methyl sites for hydroxylation is 1. The summed E-state index contributed by atoms with van der Waals surface area (Å²) in [5.74, 6) is 1.32. The second-order valence-corrected chi connectivity index (χ2v) is 4.67. The fraction of sp³-hybridized carbons (Fsp3) is 0.462. The Balaban J connectivity index is 2.76. The predicted octanol–water partition coefficient (Wildman–Crippen LogP) is 1.76. The third-order valence-electron chi connectivity index (χ3n) is 3.00. The number of aliphatic hydroxyl groups is 1. The van der Waals surface area contributed by atoms with Gasteiger partial charge in [-0.15, -0.1) is 0 Å². The van der Waals surface area contributed by atoms with E-state index in [0.29, 0.717) is 5.92 Å². The van der Waals surface area contributed by atoms with Crippen molar-refractivity contribution in [1.29, 1.82) is 0 Å². The Bertz CT molecular complexity index is 531. The Hall–Kier alpha value is -1.39. The molecule has 0 spiro atoms. The Morgan fingerprint density at radius 3 is 2.71 bits per heavy atom. The van der Waals surface area contributed by atoms with E-state index >= 15 is 0 Å². The Kier molecular flexibility index (Phi) is 3.17. The average Bonchev–Trinajstić information content (AvgIpc) is 2.66. The van der Waals surface area contributed by atoms with E-state index in [9.17, 15) is 5.11 Å². The van der Waals surface area contributed by atoms with Gasteiger partial charge in [-0.25, -0.2) is 4.98 Å². The molecule has 1 atom stereocenters. The van der Waals surface area contributed by atoms with Gasteiger partial charge >= 0.3 is 0 Å². The van der Waals surface area contributed by atoms with Crippen LogP contribution in [0.25, 0.3) is 5.52 Å². The Labute approximate surface area is 101 Å². The van der Waals surface area contributed by atoms with Crippen molar-refractivity contribution in [3.8, 4) is 0 Å². The van der Waals surface area contributed by atoms with Gasteiger partial charge in [0.25, 0.3) is 0 Å². The van der Waals surface area contributed by atoms with E-state index in [-0.39, 0.29) is 12.6 Å². The third-order valence-corrected chi connectivity index (χ3v) is 3.00. The maximum atomic E-state index is 9.23. The maximum Gasteiger partial charge on any atom is 0.116 e. The number of nitrogens with zero attached hydrogens (tertiary/aromatic N) is 2. The first-order valence-electron chi connectivity index (χ1n) is 5.90. The van der Waals surface area contributed by atoms with Crippen LogP contribution in [0, 0.1) is 6.92 Å². The van der Waals surface area contributed by atoms with Crippen molar-refractivity contribution in [3.63, 3.8) is 0 Å². The number of pyridine rings is 1. The van der Waals surface area contributed by atoms with Crippen molar-refractivity contribution in [2.75, 3.05) is 6.61 Å². The van der Waals surface area contributed by atoms with E-state index in [1.54, 1.807) is 0 Å². The summed E-state index contributed by atoms with van der Waals surface area (Å²) < 4.78 is 2.07. The summed E-state index contributed by atoms with van der Waals surface area (Å²) >= 11 is 0. The fourth-order valence-electron chi connectivity index (χ4n) is 2.11. The van der Waals surface area contributed by atoms with Gasteiger partial charge in [-0.05, 0) is 19.1 Å². The lowest BCUT2D eigenvalue weighted by atomic mass is 10.1. The molecular weight excluding hydrogens is 214 g/mol. The molecule has 0 aromatic carbocycles. The van der Waals surface area contributed by atoms with Crippen LogP contribution in [0.15, 0.2) is 18.2 Å². The molecular formula is C13H19N3O. The van der Waals surface area contributed by atoms with Crippen LogP contribution in [0.2, 0.25) is 0 Å². The minimum Gasteiger partial charge on any atom is -0.394 e. The van der Waals surface area contributed by atoms with Crippen LogP contribution in [-0.2, 0) is 0 Å². The summed E-state index contributed by atoms with van der Waals surface area (Å²) in [7, 11) is 0. The van der Waals surface area contributed by atoms with Crippen molar-refractivity contribution in [2.45, 2.75) is 32.7 Å². The number of aliphatic hydroxyl groups excluding tert-OH is 1. The van der Waals surface area contributed by atoms with Crippen LogP contribution in [-0.4, -0.2) is 21.1 Å². The van der Waals surface area contributed by atoms with E-state index in [0.717, 1.165) is 22.7 Å². The molecule has 2 aromatic rings. The third kappa shape index (κ3) is 1.94. The molecule has 2 aromatic heterocycles. The number of rotatable bonds is 3. The van der Waals surface area contributed by atoms with E-state index in [2.05, 4.69) is 23.2 Å². The summed E-state index contributed by atoms with van der Waals surface area (Å²) in [6, 6.07) is 5.56. The highest BCUT2D eigenvalue weighted by Crippen LogP contribution is 2.23. The lowest BCUT2D eigenvalue weighted by Crippen LogP contribution is -2.19. The van der Waals surface area contributed by atoms with Gasteiger partial charge in [0.1, 0.15) is 5.82 Å². The smallest absolute Gasteiger partial charge is 0.116 e. The molecule has 0 aliphatic heterocycles. The maximum absolute atomic E-state index is 9.23. The van der Waals surface area contributed by atoms with Crippen LogP contribution in [0.1, 0.15) is 43.0 Å². The summed E-state index contributed by atoms with van der Waals surface area (Å²) in [6.45, 7) is 6.15. The summed E-state index contributed by atoms with van der Waals surface area (Å²) in [5.41, 5.74) is 8.92. The van der Waals surface area contributed by atoms with E-state index in [4.69, 9.17) is 5.73 Å². The van der Waals surface area contributed by atoms with Gasteiger partial charge in [-0.3, -0.25) is 4.40 Å². The molecule has 2 rings (SSSR count). The van der Waals surface area contributed by atoms with Crippen molar-refractivity contribution < 1.29 is 5.11 Å². The zero-order valence-corrected chi connectivity index (χ0v) is 10.5. The fourth-order valence-corrected chi connectivity index (χ4v) is 2.11. The minimum atomic E-state index is -0.371. The first-order valence-corrected chi connectivity index (χ1v) is 5.90. The molecule has 0 saturated carbocycles. The highest BCUT2D eigenvalue weighted by atomic mass is 16.3. The number of aromatic nitrogens is 2. The standard InChI is InChI=1S/C13H19N3O/c1-8(2)13-15-9(3)11-5-4-6-12(16(11)13)10(14)7-17/h4-6,8,10,17H,7,14H2,1-3H3. The van der Waals surface area contributed by atoms with Crippen molar-refractivity contribution in [2.24, 2.45) is 5.73 Å². The highest BCUT2D eigenvalue weighted by molar-refractivity contribution is 5.54. The molecule has 0 amide bonds. The molecule has 3 N–H and O–H groups in total. The van der Waals surface area contributed by atoms with Gasteiger partial charge in [-0.2, -0.15) is 0 Å². The molecule has 4 nitrogen and oxygen atoms in total.